The second kappa shape index (κ2) is 6.67. The molecule has 0 amide bonds. The van der Waals surface area contributed by atoms with Crippen molar-refractivity contribution in [2.45, 2.75) is 13.8 Å². The Balaban J connectivity index is 0.00000169. The van der Waals surface area contributed by atoms with Gasteiger partial charge in [0.1, 0.15) is 18.9 Å². The smallest absolute Gasteiger partial charge is 0.230 e. The van der Waals surface area contributed by atoms with Gasteiger partial charge in [0.2, 0.25) is 5.82 Å². The molecular formula is C19H19ClN2O2. The van der Waals surface area contributed by atoms with Crippen LogP contribution in [0.5, 0.6) is 11.5 Å². The highest BCUT2D eigenvalue weighted by atomic mass is 35.5. The van der Waals surface area contributed by atoms with Crippen LogP contribution in [-0.4, -0.2) is 18.2 Å². The normalized spacial score (nSPS) is 12.8. The number of rotatable bonds is 2. The van der Waals surface area contributed by atoms with Gasteiger partial charge in [-0.15, -0.1) is 0 Å². The van der Waals surface area contributed by atoms with Crippen molar-refractivity contribution < 1.29 is 27.2 Å². The summed E-state index contributed by atoms with van der Waals surface area (Å²) in [6.07, 6.45) is 0. The highest BCUT2D eigenvalue weighted by Gasteiger charge is 2.14. The summed E-state index contributed by atoms with van der Waals surface area (Å²) in [5, 5.41) is 3.29. The first kappa shape index (κ1) is 16.6. The monoisotopic (exact) mass is 342 g/mol. The molecule has 1 aromatic heterocycles. The van der Waals surface area contributed by atoms with Gasteiger partial charge in [0, 0.05) is 23.6 Å². The third-order valence-electron chi connectivity index (χ3n) is 4.07. The average molecular weight is 343 g/mol. The molecule has 2 heterocycles. The minimum Gasteiger partial charge on any atom is -1.00 e. The fraction of sp³-hybridized carbons (Fsp3) is 0.211. The van der Waals surface area contributed by atoms with Gasteiger partial charge in [-0.3, -0.25) is 5.32 Å². The van der Waals surface area contributed by atoms with Crippen molar-refractivity contribution in [2.24, 2.45) is 0 Å². The summed E-state index contributed by atoms with van der Waals surface area (Å²) in [4.78, 5) is 4.76. The van der Waals surface area contributed by atoms with Gasteiger partial charge in [-0.05, 0) is 37.6 Å². The molecule has 0 saturated heterocycles. The van der Waals surface area contributed by atoms with E-state index < -0.39 is 0 Å². The van der Waals surface area contributed by atoms with Crippen molar-refractivity contribution in [3.63, 3.8) is 0 Å². The van der Waals surface area contributed by atoms with E-state index in [1.165, 1.54) is 16.5 Å². The van der Waals surface area contributed by atoms with Crippen LogP contribution >= 0.6 is 0 Å². The summed E-state index contributed by atoms with van der Waals surface area (Å²) in [7, 11) is 0. The fourth-order valence-corrected chi connectivity index (χ4v) is 2.93. The Labute approximate surface area is 147 Å². The van der Waals surface area contributed by atoms with Gasteiger partial charge in [0.15, 0.2) is 11.5 Å². The van der Waals surface area contributed by atoms with E-state index in [4.69, 9.17) is 14.5 Å². The molecular weight excluding hydrogens is 324 g/mol. The number of nitrogens with two attached hydrogens (primary N) is 1. The average Bonchev–Trinajstić information content (AvgIpc) is 2.55. The first-order chi connectivity index (χ1) is 11.2. The minimum atomic E-state index is 0. The topological polar surface area (TPSA) is 48.0 Å². The van der Waals surface area contributed by atoms with Gasteiger partial charge < -0.3 is 21.9 Å². The number of pyridine rings is 1. The van der Waals surface area contributed by atoms with Crippen molar-refractivity contribution >= 4 is 22.4 Å². The molecule has 0 bridgehead atoms. The second-order valence-electron chi connectivity index (χ2n) is 5.93. The Bertz CT molecular complexity index is 896. The zero-order valence-corrected chi connectivity index (χ0v) is 14.4. The van der Waals surface area contributed by atoms with Gasteiger partial charge in [-0.1, -0.05) is 11.6 Å². The predicted molar refractivity (Wildman–Crippen MR) is 89.9 cm³/mol. The number of aryl methyl sites for hydroxylation is 2. The van der Waals surface area contributed by atoms with E-state index in [9.17, 15) is 0 Å². The molecule has 0 aliphatic carbocycles. The van der Waals surface area contributed by atoms with E-state index in [0.29, 0.717) is 13.2 Å². The lowest BCUT2D eigenvalue weighted by molar-refractivity contribution is -0.482. The van der Waals surface area contributed by atoms with Crippen LogP contribution < -0.4 is 27.2 Å². The number of ether oxygens (including phenoxy) is 2. The largest absolute Gasteiger partial charge is 1.00 e. The van der Waals surface area contributed by atoms with E-state index in [2.05, 4.69) is 43.4 Å². The number of benzene rings is 2. The number of halogens is 1. The number of hydrogen-bond acceptors (Lipinski definition) is 3. The SMILES string of the molecule is Cc1ccc2nc([NH2+]c3ccc4c(c3)OCCO4)cc(C)c2c1.[Cl-]. The summed E-state index contributed by atoms with van der Waals surface area (Å²) in [6, 6.07) is 14.5. The lowest BCUT2D eigenvalue weighted by atomic mass is 10.1. The molecule has 124 valence electrons. The summed E-state index contributed by atoms with van der Waals surface area (Å²) < 4.78 is 11.2. The third-order valence-corrected chi connectivity index (χ3v) is 4.07. The van der Waals surface area contributed by atoms with Crippen LogP contribution in [-0.2, 0) is 0 Å². The minimum absolute atomic E-state index is 0. The van der Waals surface area contributed by atoms with E-state index >= 15 is 0 Å². The van der Waals surface area contributed by atoms with Crippen LogP contribution in [0.25, 0.3) is 10.9 Å². The van der Waals surface area contributed by atoms with Crippen molar-refractivity contribution in [3.8, 4) is 11.5 Å². The quantitative estimate of drug-likeness (QED) is 0.675. The Morgan fingerprint density at radius 3 is 2.54 bits per heavy atom. The Morgan fingerprint density at radius 2 is 1.71 bits per heavy atom. The van der Waals surface area contributed by atoms with Crippen LogP contribution in [0.3, 0.4) is 0 Å². The number of aromatic nitrogens is 1. The molecule has 4 rings (SSSR count). The third kappa shape index (κ3) is 3.16. The zero-order chi connectivity index (χ0) is 15.8. The molecule has 2 N–H and O–H groups in total. The molecule has 0 saturated carbocycles. The van der Waals surface area contributed by atoms with Gasteiger partial charge in [-0.2, -0.15) is 4.98 Å². The van der Waals surface area contributed by atoms with Crippen molar-refractivity contribution in [3.05, 3.63) is 53.6 Å². The maximum atomic E-state index is 5.64. The zero-order valence-electron chi connectivity index (χ0n) is 13.7. The van der Waals surface area contributed by atoms with Crippen LogP contribution in [0.4, 0.5) is 11.5 Å². The summed E-state index contributed by atoms with van der Waals surface area (Å²) in [5.41, 5.74) is 4.58. The van der Waals surface area contributed by atoms with E-state index in [1.807, 2.05) is 18.2 Å². The fourth-order valence-electron chi connectivity index (χ4n) is 2.93. The molecule has 0 radical (unpaired) electrons. The first-order valence-corrected chi connectivity index (χ1v) is 7.81. The first-order valence-electron chi connectivity index (χ1n) is 7.81. The molecule has 0 spiro atoms. The molecule has 0 fully saturated rings. The number of quaternary nitrogens is 1. The van der Waals surface area contributed by atoms with E-state index in [1.54, 1.807) is 0 Å². The summed E-state index contributed by atoms with van der Waals surface area (Å²) in [5.74, 6) is 2.57. The van der Waals surface area contributed by atoms with Crippen LogP contribution in [0.2, 0.25) is 0 Å². The number of fused-ring (bicyclic) bond motifs is 2. The Morgan fingerprint density at radius 1 is 0.917 bits per heavy atom. The number of hydrogen-bond donors (Lipinski definition) is 1. The molecule has 2 aromatic carbocycles. The maximum Gasteiger partial charge on any atom is 0.230 e. The predicted octanol–water partition coefficient (Wildman–Crippen LogP) is 0.153. The highest BCUT2D eigenvalue weighted by molar-refractivity contribution is 5.83. The van der Waals surface area contributed by atoms with Crippen molar-refractivity contribution in [1.29, 1.82) is 0 Å². The molecule has 3 aromatic rings. The Kier molecular flexibility index (Phi) is 4.60. The van der Waals surface area contributed by atoms with Gasteiger partial charge in [0.25, 0.3) is 0 Å². The Hall–Kier alpha value is -2.30. The van der Waals surface area contributed by atoms with Gasteiger partial charge in [-0.25, -0.2) is 0 Å². The van der Waals surface area contributed by atoms with Gasteiger partial charge >= 0.3 is 0 Å². The van der Waals surface area contributed by atoms with Gasteiger partial charge in [0.05, 0.1) is 5.52 Å². The molecule has 24 heavy (non-hydrogen) atoms. The van der Waals surface area contributed by atoms with E-state index in [0.717, 1.165) is 28.5 Å². The van der Waals surface area contributed by atoms with Crippen LogP contribution in [0.1, 0.15) is 11.1 Å². The summed E-state index contributed by atoms with van der Waals surface area (Å²) in [6.45, 7) is 5.45. The number of nitrogens with zero attached hydrogens (tertiary/aromatic N) is 1. The molecule has 5 heteroatoms. The molecule has 1 aliphatic rings. The molecule has 1 aliphatic heterocycles. The van der Waals surface area contributed by atoms with E-state index in [-0.39, 0.29) is 12.4 Å². The lowest BCUT2D eigenvalue weighted by Gasteiger charge is -2.18. The highest BCUT2D eigenvalue weighted by Crippen LogP contribution is 2.31. The standard InChI is InChI=1S/C19H18N2O2.ClH/c1-12-3-5-16-15(9-12)13(2)10-19(21-16)20-14-4-6-17-18(11-14)23-8-7-22-17;/h3-6,9-11H,7-8H2,1-2H3,(H,20,21);1H. The maximum absolute atomic E-state index is 5.64. The molecule has 0 atom stereocenters. The van der Waals surface area contributed by atoms with Crippen molar-refractivity contribution in [1.82, 2.24) is 4.98 Å². The molecule has 0 unspecified atom stereocenters. The van der Waals surface area contributed by atoms with Crippen molar-refractivity contribution in [2.75, 3.05) is 13.2 Å². The summed E-state index contributed by atoms with van der Waals surface area (Å²) >= 11 is 0. The second-order valence-corrected chi connectivity index (χ2v) is 5.93. The molecule has 4 nitrogen and oxygen atoms in total. The van der Waals surface area contributed by atoms with Crippen LogP contribution in [0, 0.1) is 13.8 Å². The lowest BCUT2D eigenvalue weighted by Crippen LogP contribution is -3.00. The van der Waals surface area contributed by atoms with Crippen LogP contribution in [0.15, 0.2) is 42.5 Å².